The van der Waals surface area contributed by atoms with E-state index in [1.807, 2.05) is 0 Å². The average Bonchev–Trinajstić information content (AvgIpc) is 3.38. The van der Waals surface area contributed by atoms with Crippen LogP contribution < -0.4 is 5.32 Å². The molecule has 8 nitrogen and oxygen atoms in total. The molecule has 3 saturated carbocycles. The highest BCUT2D eigenvalue weighted by atomic mass is 19.4. The van der Waals surface area contributed by atoms with Crippen LogP contribution in [0.5, 0.6) is 0 Å². The standard InChI is InChI=1S/C29H26F9N5O3/c1-42-21(19-4-2-3-5-20(19)28(33,34)35)40-41-22(42)26-13-10-25(11-14-26,12-15-26)16-43(46-23(44)29(36,37)38)24(45)39-18-8-6-17(7-9-18)27(30,31)32/h2-9H,10-16H2,1H3,(H,39,45). The van der Waals surface area contributed by atoms with Gasteiger partial charge in [-0.15, -0.1) is 10.2 Å². The molecule has 0 atom stereocenters. The van der Waals surface area contributed by atoms with Gasteiger partial charge in [-0.2, -0.15) is 44.6 Å². The second kappa shape index (κ2) is 11.5. The van der Waals surface area contributed by atoms with Gasteiger partial charge in [-0.25, -0.2) is 9.59 Å². The van der Waals surface area contributed by atoms with Crippen molar-refractivity contribution < 1.29 is 53.9 Å². The van der Waals surface area contributed by atoms with Crippen molar-refractivity contribution in [1.29, 1.82) is 0 Å². The summed E-state index contributed by atoms with van der Waals surface area (Å²) in [4.78, 5) is 29.2. The summed E-state index contributed by atoms with van der Waals surface area (Å²) in [6.07, 6.45) is -12.5. The molecular formula is C29H26F9N5O3. The van der Waals surface area contributed by atoms with Gasteiger partial charge in [0, 0.05) is 23.7 Å². The molecule has 46 heavy (non-hydrogen) atoms. The Kier molecular flexibility index (Phi) is 8.26. The van der Waals surface area contributed by atoms with E-state index in [-0.39, 0.29) is 22.1 Å². The molecule has 6 rings (SSSR count). The number of carbonyl (C=O) groups is 2. The number of anilines is 1. The van der Waals surface area contributed by atoms with Gasteiger partial charge in [-0.1, -0.05) is 18.2 Å². The van der Waals surface area contributed by atoms with Gasteiger partial charge in [0.25, 0.3) is 0 Å². The Morgan fingerprint density at radius 1 is 0.848 bits per heavy atom. The van der Waals surface area contributed by atoms with Gasteiger partial charge < -0.3 is 14.7 Å². The number of amides is 2. The third-order valence-electron chi connectivity index (χ3n) is 8.82. The first kappa shape index (κ1) is 33.1. The van der Waals surface area contributed by atoms with Crippen LogP contribution in [0.25, 0.3) is 11.4 Å². The lowest BCUT2D eigenvalue weighted by Crippen LogP contribution is -2.52. The molecule has 3 aromatic rings. The summed E-state index contributed by atoms with van der Waals surface area (Å²) >= 11 is 0. The quantitative estimate of drug-likeness (QED) is 0.224. The van der Waals surface area contributed by atoms with Crippen molar-refractivity contribution in [2.75, 3.05) is 11.9 Å². The fourth-order valence-corrected chi connectivity index (χ4v) is 6.32. The summed E-state index contributed by atoms with van der Waals surface area (Å²) in [7, 11) is 1.56. The summed E-state index contributed by atoms with van der Waals surface area (Å²) in [6, 6.07) is 6.82. The second-order valence-electron chi connectivity index (χ2n) is 11.6. The number of fused-ring (bicyclic) bond motifs is 3. The maximum absolute atomic E-state index is 13.7. The molecule has 3 aliphatic rings. The molecule has 0 radical (unpaired) electrons. The average molecular weight is 664 g/mol. The van der Waals surface area contributed by atoms with Crippen molar-refractivity contribution in [3.8, 4) is 11.4 Å². The summed E-state index contributed by atoms with van der Waals surface area (Å²) in [5.41, 5.74) is -3.61. The van der Waals surface area contributed by atoms with E-state index < -0.39 is 59.0 Å². The van der Waals surface area contributed by atoms with Crippen LogP contribution in [0.2, 0.25) is 0 Å². The maximum Gasteiger partial charge on any atom is 0.493 e. The largest absolute Gasteiger partial charge is 0.493 e. The van der Waals surface area contributed by atoms with E-state index >= 15 is 0 Å². The summed E-state index contributed by atoms with van der Waals surface area (Å²) in [5.74, 6) is -2.18. The number of hydrogen-bond donors (Lipinski definition) is 1. The minimum absolute atomic E-state index is 0.0184. The number of alkyl halides is 9. The Balaban J connectivity index is 1.34. The smallest absolute Gasteiger partial charge is 0.328 e. The summed E-state index contributed by atoms with van der Waals surface area (Å²) < 4.78 is 121. The Hall–Kier alpha value is -4.31. The molecule has 2 bridgehead atoms. The van der Waals surface area contributed by atoms with Crippen molar-refractivity contribution in [3.05, 3.63) is 65.5 Å². The number of hydroxylamine groups is 2. The van der Waals surface area contributed by atoms with Crippen molar-refractivity contribution in [2.24, 2.45) is 12.5 Å². The number of rotatable bonds is 5. The first-order valence-electron chi connectivity index (χ1n) is 14.0. The van der Waals surface area contributed by atoms with Crippen molar-refractivity contribution >= 4 is 17.7 Å². The van der Waals surface area contributed by atoms with Gasteiger partial charge in [0.2, 0.25) is 0 Å². The predicted molar refractivity (Wildman–Crippen MR) is 143 cm³/mol. The van der Waals surface area contributed by atoms with E-state index in [1.165, 1.54) is 22.8 Å². The molecule has 0 spiro atoms. The summed E-state index contributed by atoms with van der Waals surface area (Å²) in [6.45, 7) is -0.444. The number of benzene rings is 2. The van der Waals surface area contributed by atoms with E-state index in [2.05, 4.69) is 20.4 Å². The molecule has 0 unspecified atom stereocenters. The number of hydrogen-bond acceptors (Lipinski definition) is 5. The van der Waals surface area contributed by atoms with Crippen LogP contribution in [0, 0.1) is 5.41 Å². The third kappa shape index (κ3) is 6.49. The molecule has 17 heteroatoms. The molecule has 0 saturated heterocycles. The van der Waals surface area contributed by atoms with Crippen LogP contribution in [0.4, 0.5) is 50.0 Å². The minimum Gasteiger partial charge on any atom is -0.328 e. The first-order chi connectivity index (χ1) is 21.3. The van der Waals surface area contributed by atoms with Crippen LogP contribution in [0.15, 0.2) is 48.5 Å². The fourth-order valence-electron chi connectivity index (χ4n) is 6.32. The Morgan fingerprint density at radius 2 is 1.43 bits per heavy atom. The highest BCUT2D eigenvalue weighted by Crippen LogP contribution is 2.58. The van der Waals surface area contributed by atoms with Crippen LogP contribution in [0.1, 0.15) is 55.5 Å². The number of aromatic nitrogens is 3. The molecule has 1 aromatic heterocycles. The monoisotopic (exact) mass is 663 g/mol. The van der Waals surface area contributed by atoms with Gasteiger partial charge in [0.05, 0.1) is 17.7 Å². The topological polar surface area (TPSA) is 89.4 Å². The van der Waals surface area contributed by atoms with Crippen LogP contribution >= 0.6 is 0 Å². The van der Waals surface area contributed by atoms with E-state index in [0.717, 1.165) is 18.2 Å². The second-order valence-corrected chi connectivity index (χ2v) is 11.6. The lowest BCUT2D eigenvalue weighted by Gasteiger charge is -2.53. The highest BCUT2D eigenvalue weighted by Gasteiger charge is 2.53. The Labute approximate surface area is 255 Å². The van der Waals surface area contributed by atoms with Crippen molar-refractivity contribution in [1.82, 2.24) is 19.8 Å². The number of urea groups is 1. The molecule has 2 amide bonds. The van der Waals surface area contributed by atoms with Gasteiger partial charge in [0.15, 0.2) is 5.82 Å². The highest BCUT2D eigenvalue weighted by molar-refractivity contribution is 5.90. The zero-order valence-electron chi connectivity index (χ0n) is 24.0. The normalized spacial score (nSPS) is 21.6. The number of nitrogens with one attached hydrogen (secondary N) is 1. The molecule has 1 heterocycles. The van der Waals surface area contributed by atoms with Crippen LogP contribution in [-0.4, -0.2) is 44.5 Å². The molecule has 1 N–H and O–H groups in total. The lowest BCUT2D eigenvalue weighted by molar-refractivity contribution is -0.232. The molecule has 3 fully saturated rings. The molecular weight excluding hydrogens is 637 g/mol. The van der Waals surface area contributed by atoms with Crippen molar-refractivity contribution in [2.45, 2.75) is 62.5 Å². The Morgan fingerprint density at radius 3 is 1.98 bits per heavy atom. The lowest BCUT2D eigenvalue weighted by atomic mass is 9.53. The van der Waals surface area contributed by atoms with Gasteiger partial charge in [-0.05, 0) is 74.3 Å². The SMILES string of the molecule is Cn1c(-c2ccccc2C(F)(F)F)nnc1C12CCC(CN(OC(=O)C(F)(F)F)C(=O)Nc3ccc(C(F)(F)F)cc3)(CC1)CC2. The van der Waals surface area contributed by atoms with Gasteiger partial charge in [0.1, 0.15) is 5.82 Å². The Bertz CT molecular complexity index is 1590. The van der Waals surface area contributed by atoms with E-state index in [0.29, 0.717) is 56.5 Å². The fraction of sp³-hybridized carbons (Fsp3) is 0.448. The third-order valence-corrected chi connectivity index (χ3v) is 8.82. The van der Waals surface area contributed by atoms with E-state index in [9.17, 15) is 49.1 Å². The molecule has 248 valence electrons. The number of carbonyl (C=O) groups excluding carboxylic acids is 2. The maximum atomic E-state index is 13.7. The molecule has 3 aliphatic carbocycles. The molecule has 0 aliphatic heterocycles. The predicted octanol–water partition coefficient (Wildman–Crippen LogP) is 7.67. The van der Waals surface area contributed by atoms with Gasteiger partial charge >= 0.3 is 30.5 Å². The van der Waals surface area contributed by atoms with E-state index in [1.54, 1.807) is 7.05 Å². The number of halogens is 9. The first-order valence-corrected chi connectivity index (χ1v) is 14.0. The zero-order chi connectivity index (χ0) is 33.7. The zero-order valence-corrected chi connectivity index (χ0v) is 24.0. The van der Waals surface area contributed by atoms with Crippen LogP contribution in [-0.2, 0) is 34.4 Å². The number of nitrogens with zero attached hydrogens (tertiary/aromatic N) is 4. The van der Waals surface area contributed by atoms with Gasteiger partial charge in [-0.3, -0.25) is 0 Å². The van der Waals surface area contributed by atoms with E-state index in [4.69, 9.17) is 0 Å². The summed E-state index contributed by atoms with van der Waals surface area (Å²) in [5, 5.41) is 10.7. The minimum atomic E-state index is -5.44. The van der Waals surface area contributed by atoms with Crippen molar-refractivity contribution in [3.63, 3.8) is 0 Å². The molecule has 2 aromatic carbocycles. The van der Waals surface area contributed by atoms with Crippen LogP contribution in [0.3, 0.4) is 0 Å².